The van der Waals surface area contributed by atoms with Crippen molar-refractivity contribution in [1.29, 1.82) is 0 Å². The van der Waals surface area contributed by atoms with E-state index in [0.29, 0.717) is 17.1 Å². The van der Waals surface area contributed by atoms with Crippen molar-refractivity contribution in [2.24, 2.45) is 0 Å². The molecule has 1 atom stereocenters. The Morgan fingerprint density at radius 3 is 2.48 bits per heavy atom. The first-order chi connectivity index (χ1) is 14.8. The van der Waals surface area contributed by atoms with Crippen LogP contribution in [0.4, 0.5) is 11.4 Å². The van der Waals surface area contributed by atoms with E-state index in [-0.39, 0.29) is 18.9 Å². The van der Waals surface area contributed by atoms with Gasteiger partial charge in [0.05, 0.1) is 11.9 Å². The van der Waals surface area contributed by atoms with Crippen LogP contribution in [-0.4, -0.2) is 33.2 Å². The van der Waals surface area contributed by atoms with E-state index >= 15 is 0 Å². The summed E-state index contributed by atoms with van der Waals surface area (Å²) in [6.45, 7) is 2.05. The van der Waals surface area contributed by atoms with Crippen molar-refractivity contribution in [2.75, 3.05) is 22.4 Å². The molecule has 3 aromatic carbocycles. The first-order valence-electron chi connectivity index (χ1n) is 10.0. The van der Waals surface area contributed by atoms with Gasteiger partial charge in [0, 0.05) is 24.2 Å². The highest BCUT2D eigenvalue weighted by Gasteiger charge is 2.31. The van der Waals surface area contributed by atoms with Gasteiger partial charge < -0.3 is 10.1 Å². The lowest BCUT2D eigenvalue weighted by Gasteiger charge is -2.21. The Morgan fingerprint density at radius 1 is 1.03 bits per heavy atom. The van der Waals surface area contributed by atoms with Crippen LogP contribution in [0.15, 0.2) is 72.8 Å². The topological polar surface area (TPSA) is 75.7 Å². The van der Waals surface area contributed by atoms with E-state index in [1.807, 2.05) is 67.6 Å². The van der Waals surface area contributed by atoms with E-state index in [1.165, 1.54) is 4.31 Å². The van der Waals surface area contributed by atoms with Gasteiger partial charge in [0.25, 0.3) is 5.91 Å². The molecule has 0 fully saturated rings. The van der Waals surface area contributed by atoms with Crippen molar-refractivity contribution >= 4 is 27.3 Å². The number of nitrogens with one attached hydrogen (secondary N) is 1. The third-order valence-corrected chi connectivity index (χ3v) is 6.39. The Balaban J connectivity index is 1.62. The van der Waals surface area contributed by atoms with Crippen LogP contribution in [0.2, 0.25) is 0 Å². The maximum absolute atomic E-state index is 13.1. The predicted molar refractivity (Wildman–Crippen MR) is 123 cm³/mol. The number of para-hydroxylation sites is 1. The molecule has 3 aromatic rings. The van der Waals surface area contributed by atoms with Gasteiger partial charge in [-0.05, 0) is 36.2 Å². The molecule has 1 aliphatic heterocycles. The molecular weight excluding hydrogens is 412 g/mol. The lowest BCUT2D eigenvalue weighted by Crippen LogP contribution is -2.36. The van der Waals surface area contributed by atoms with Gasteiger partial charge in [-0.15, -0.1) is 0 Å². The van der Waals surface area contributed by atoms with Gasteiger partial charge in [-0.1, -0.05) is 54.6 Å². The third-order valence-electron chi connectivity index (χ3n) is 5.21. The number of amides is 1. The summed E-state index contributed by atoms with van der Waals surface area (Å²) in [4.78, 5) is 13.1. The van der Waals surface area contributed by atoms with Gasteiger partial charge >= 0.3 is 0 Å². The van der Waals surface area contributed by atoms with Crippen molar-refractivity contribution in [3.05, 3.63) is 78.4 Å². The molecule has 31 heavy (non-hydrogen) atoms. The molecule has 6 nitrogen and oxygen atoms in total. The Bertz CT molecular complexity index is 1210. The Labute approximate surface area is 182 Å². The molecule has 4 rings (SSSR count). The van der Waals surface area contributed by atoms with Crippen LogP contribution in [-0.2, 0) is 14.8 Å². The number of sulfonamides is 1. The number of benzene rings is 3. The first kappa shape index (κ1) is 20.9. The van der Waals surface area contributed by atoms with E-state index < -0.39 is 16.1 Å². The zero-order valence-electron chi connectivity index (χ0n) is 17.4. The number of nitrogens with zero attached hydrogens (tertiary/aromatic N) is 1. The first-order valence-corrected chi connectivity index (χ1v) is 11.9. The fourth-order valence-electron chi connectivity index (χ4n) is 3.69. The van der Waals surface area contributed by atoms with Crippen LogP contribution in [0.25, 0.3) is 11.1 Å². The average molecular weight is 437 g/mol. The molecule has 0 saturated heterocycles. The van der Waals surface area contributed by atoms with Gasteiger partial charge in [-0.25, -0.2) is 8.42 Å². The minimum atomic E-state index is -3.51. The summed E-state index contributed by atoms with van der Waals surface area (Å²) in [7, 11) is -3.51. The maximum Gasteiger partial charge on any atom is 0.265 e. The molecule has 1 N–H and O–H groups in total. The lowest BCUT2D eigenvalue weighted by molar-refractivity contribution is -0.122. The van der Waals surface area contributed by atoms with Crippen molar-refractivity contribution in [2.45, 2.75) is 19.4 Å². The van der Waals surface area contributed by atoms with E-state index in [0.717, 1.165) is 22.9 Å². The Kier molecular flexibility index (Phi) is 5.69. The lowest BCUT2D eigenvalue weighted by atomic mass is 10.0. The van der Waals surface area contributed by atoms with Gasteiger partial charge in [-0.3, -0.25) is 9.10 Å². The highest BCUT2D eigenvalue weighted by atomic mass is 32.2. The van der Waals surface area contributed by atoms with Crippen LogP contribution in [0.5, 0.6) is 5.75 Å². The van der Waals surface area contributed by atoms with Crippen molar-refractivity contribution in [1.82, 2.24) is 0 Å². The smallest absolute Gasteiger partial charge is 0.265 e. The average Bonchev–Trinajstić information content (AvgIpc) is 2.94. The zero-order valence-corrected chi connectivity index (χ0v) is 18.2. The highest BCUT2D eigenvalue weighted by molar-refractivity contribution is 7.92. The molecule has 0 unspecified atom stereocenters. The molecule has 1 amide bonds. The van der Waals surface area contributed by atoms with E-state index in [2.05, 4.69) is 5.32 Å². The van der Waals surface area contributed by atoms with Crippen LogP contribution in [0.3, 0.4) is 0 Å². The number of hydrogen-bond donors (Lipinski definition) is 1. The number of anilines is 2. The van der Waals surface area contributed by atoms with Crippen molar-refractivity contribution in [3.8, 4) is 16.9 Å². The van der Waals surface area contributed by atoms with Gasteiger partial charge in [0.1, 0.15) is 5.75 Å². The molecular formula is C24H24N2O4S. The number of carbonyl (C=O) groups excluding carboxylic acids is 1. The molecule has 0 radical (unpaired) electrons. The second-order valence-corrected chi connectivity index (χ2v) is 9.51. The summed E-state index contributed by atoms with van der Waals surface area (Å²) in [6, 6.07) is 22.7. The summed E-state index contributed by atoms with van der Waals surface area (Å²) in [5.74, 6) is 0.0651. The number of hydrogen-bond acceptors (Lipinski definition) is 4. The second kappa shape index (κ2) is 8.43. The highest BCUT2D eigenvalue weighted by Crippen LogP contribution is 2.35. The molecule has 7 heteroatoms. The van der Waals surface area contributed by atoms with Gasteiger partial charge in [0.15, 0.2) is 6.10 Å². The Hall–Kier alpha value is -3.32. The summed E-state index contributed by atoms with van der Waals surface area (Å²) in [6.07, 6.45) is 0.576. The largest absolute Gasteiger partial charge is 0.478 e. The molecule has 1 heterocycles. The minimum absolute atomic E-state index is 0.160. The number of ether oxygens (including phenoxy) is 1. The van der Waals surface area contributed by atoms with E-state index in [4.69, 9.17) is 4.74 Å². The standard InChI is InChI=1S/C24H24N2O4S/c1-17-12-13-22-21(16-17)26(31(2,28)29)15-14-23(30-22)24(27)25-20-11-7-6-10-19(20)18-8-4-3-5-9-18/h3-13,16,23H,14-15H2,1-2H3,(H,25,27)/t23-/m1/s1. The van der Waals surface area contributed by atoms with Crippen LogP contribution in [0, 0.1) is 6.92 Å². The Morgan fingerprint density at radius 2 is 1.74 bits per heavy atom. The fourth-order valence-corrected chi connectivity index (χ4v) is 4.63. The SMILES string of the molecule is Cc1ccc2c(c1)N(S(C)(=O)=O)CC[C@H](C(=O)Nc1ccccc1-c1ccccc1)O2. The number of fused-ring (bicyclic) bond motifs is 1. The predicted octanol–water partition coefficient (Wildman–Crippen LogP) is 4.22. The fraction of sp³-hybridized carbons (Fsp3) is 0.208. The second-order valence-electron chi connectivity index (χ2n) is 7.60. The van der Waals surface area contributed by atoms with Gasteiger partial charge in [0.2, 0.25) is 10.0 Å². The number of rotatable bonds is 4. The van der Waals surface area contributed by atoms with E-state index in [9.17, 15) is 13.2 Å². The summed E-state index contributed by atoms with van der Waals surface area (Å²) in [5, 5.41) is 2.97. The van der Waals surface area contributed by atoms with Crippen LogP contribution >= 0.6 is 0 Å². The molecule has 0 saturated carbocycles. The van der Waals surface area contributed by atoms with Gasteiger partial charge in [-0.2, -0.15) is 0 Å². The zero-order chi connectivity index (χ0) is 22.0. The third kappa shape index (κ3) is 4.56. The molecule has 0 bridgehead atoms. The monoisotopic (exact) mass is 436 g/mol. The number of aryl methyl sites for hydroxylation is 1. The van der Waals surface area contributed by atoms with E-state index in [1.54, 1.807) is 12.1 Å². The number of carbonyl (C=O) groups is 1. The minimum Gasteiger partial charge on any atom is -0.478 e. The molecule has 1 aliphatic rings. The summed E-state index contributed by atoms with van der Waals surface area (Å²) < 4.78 is 32.0. The maximum atomic E-state index is 13.1. The van der Waals surface area contributed by atoms with Crippen molar-refractivity contribution < 1.29 is 17.9 Å². The normalized spacial score (nSPS) is 16.1. The summed E-state index contributed by atoms with van der Waals surface area (Å²) in [5.41, 5.74) is 3.94. The molecule has 160 valence electrons. The summed E-state index contributed by atoms with van der Waals surface area (Å²) >= 11 is 0. The quantitative estimate of drug-likeness (QED) is 0.665. The van der Waals surface area contributed by atoms with Crippen LogP contribution in [0.1, 0.15) is 12.0 Å². The molecule has 0 aromatic heterocycles. The molecule has 0 spiro atoms. The molecule has 0 aliphatic carbocycles. The van der Waals surface area contributed by atoms with Crippen molar-refractivity contribution in [3.63, 3.8) is 0 Å². The van der Waals surface area contributed by atoms with Crippen LogP contribution < -0.4 is 14.4 Å².